The molecule has 174 valence electrons. The topological polar surface area (TPSA) is 53.8 Å². The lowest BCUT2D eigenvalue weighted by Gasteiger charge is -2.38. The monoisotopic (exact) mass is 490 g/mol. The Balaban J connectivity index is 1.42. The summed E-state index contributed by atoms with van der Waals surface area (Å²) in [6.45, 7) is 3.02. The molecule has 1 unspecified atom stereocenters. The molecule has 0 bridgehead atoms. The van der Waals surface area contributed by atoms with Crippen LogP contribution in [0.1, 0.15) is 38.2 Å². The van der Waals surface area contributed by atoms with Crippen molar-refractivity contribution in [1.82, 2.24) is 9.80 Å². The molecule has 0 spiro atoms. The van der Waals surface area contributed by atoms with Gasteiger partial charge in [-0.2, -0.15) is 0 Å². The summed E-state index contributed by atoms with van der Waals surface area (Å²) in [5.74, 6) is 0.547. The van der Waals surface area contributed by atoms with Crippen LogP contribution in [0.25, 0.3) is 0 Å². The van der Waals surface area contributed by atoms with Gasteiger partial charge in [0, 0.05) is 16.3 Å². The average molecular weight is 491 g/mol. The number of nitrogens with zero attached hydrogens (tertiary/aromatic N) is 2. The second-order valence-electron chi connectivity index (χ2n) is 8.48. The van der Waals surface area contributed by atoms with Gasteiger partial charge in [-0.3, -0.25) is 9.59 Å². The predicted molar refractivity (Wildman–Crippen MR) is 135 cm³/mol. The molecule has 0 aliphatic carbocycles. The zero-order valence-electron chi connectivity index (χ0n) is 19.0. The molecule has 5 nitrogen and oxygen atoms in total. The van der Waals surface area contributed by atoms with E-state index in [2.05, 4.69) is 30.5 Å². The molecule has 4 aromatic rings. The van der Waals surface area contributed by atoms with Crippen molar-refractivity contribution < 1.29 is 14.0 Å². The molecule has 1 atom stereocenters. The maximum absolute atomic E-state index is 13.8. The van der Waals surface area contributed by atoms with E-state index in [4.69, 9.17) is 4.42 Å². The number of benzene rings is 1. The number of aryl methyl sites for hydroxylation is 1. The SMILES string of the molecule is Cc1ccccc1C1c2ccsc2CCN1C(=O)CN(Cc1ccco1)C(=O)Cc1cccs1. The second kappa shape index (κ2) is 9.99. The van der Waals surface area contributed by atoms with Crippen LogP contribution in [0.4, 0.5) is 0 Å². The first kappa shape index (κ1) is 22.6. The Morgan fingerprint density at radius 3 is 2.68 bits per heavy atom. The van der Waals surface area contributed by atoms with E-state index in [0.29, 0.717) is 12.3 Å². The summed E-state index contributed by atoms with van der Waals surface area (Å²) in [4.78, 5) is 32.9. The quantitative estimate of drug-likeness (QED) is 0.346. The maximum Gasteiger partial charge on any atom is 0.243 e. The zero-order valence-corrected chi connectivity index (χ0v) is 20.6. The molecule has 4 heterocycles. The van der Waals surface area contributed by atoms with Crippen LogP contribution in [0.2, 0.25) is 0 Å². The van der Waals surface area contributed by atoms with Crippen LogP contribution < -0.4 is 0 Å². The van der Waals surface area contributed by atoms with Crippen LogP contribution in [-0.2, 0) is 29.0 Å². The van der Waals surface area contributed by atoms with Crippen molar-refractivity contribution in [2.24, 2.45) is 0 Å². The first-order chi connectivity index (χ1) is 16.6. The minimum atomic E-state index is -0.137. The third kappa shape index (κ3) is 4.72. The van der Waals surface area contributed by atoms with Crippen molar-refractivity contribution in [2.45, 2.75) is 32.4 Å². The van der Waals surface area contributed by atoms with Gasteiger partial charge in [-0.15, -0.1) is 22.7 Å². The highest BCUT2D eigenvalue weighted by atomic mass is 32.1. The van der Waals surface area contributed by atoms with Crippen LogP contribution in [0.5, 0.6) is 0 Å². The van der Waals surface area contributed by atoms with E-state index in [0.717, 1.165) is 22.4 Å². The van der Waals surface area contributed by atoms with Crippen LogP contribution in [-0.4, -0.2) is 34.7 Å². The van der Waals surface area contributed by atoms with Crippen LogP contribution in [0.3, 0.4) is 0 Å². The van der Waals surface area contributed by atoms with E-state index >= 15 is 0 Å². The highest BCUT2D eigenvalue weighted by Crippen LogP contribution is 2.39. The molecule has 5 rings (SSSR count). The Kier molecular flexibility index (Phi) is 6.65. The van der Waals surface area contributed by atoms with E-state index in [1.54, 1.807) is 39.9 Å². The van der Waals surface area contributed by atoms with Gasteiger partial charge in [0.2, 0.25) is 11.8 Å². The summed E-state index contributed by atoms with van der Waals surface area (Å²) in [7, 11) is 0. The lowest BCUT2D eigenvalue weighted by molar-refractivity contribution is -0.142. The molecular weight excluding hydrogens is 464 g/mol. The Hall–Kier alpha value is -3.16. The van der Waals surface area contributed by atoms with Crippen molar-refractivity contribution in [1.29, 1.82) is 0 Å². The Bertz CT molecular complexity index is 1260. The number of carbonyl (C=O) groups excluding carboxylic acids is 2. The van der Waals surface area contributed by atoms with Crippen LogP contribution in [0.15, 0.2) is 76.0 Å². The van der Waals surface area contributed by atoms with Gasteiger partial charge in [-0.05, 0) is 65.1 Å². The summed E-state index contributed by atoms with van der Waals surface area (Å²) in [5.41, 5.74) is 3.49. The van der Waals surface area contributed by atoms with Crippen LogP contribution >= 0.6 is 22.7 Å². The van der Waals surface area contributed by atoms with E-state index in [1.807, 2.05) is 40.6 Å². The fourth-order valence-electron chi connectivity index (χ4n) is 4.57. The molecule has 7 heteroatoms. The van der Waals surface area contributed by atoms with Gasteiger partial charge in [-0.25, -0.2) is 0 Å². The molecule has 0 N–H and O–H groups in total. The number of rotatable bonds is 7. The third-order valence-electron chi connectivity index (χ3n) is 6.28. The number of hydrogen-bond acceptors (Lipinski definition) is 5. The Morgan fingerprint density at radius 2 is 1.91 bits per heavy atom. The lowest BCUT2D eigenvalue weighted by Crippen LogP contribution is -2.47. The maximum atomic E-state index is 13.8. The first-order valence-electron chi connectivity index (χ1n) is 11.3. The number of carbonyl (C=O) groups is 2. The summed E-state index contributed by atoms with van der Waals surface area (Å²) in [6, 6.07) is 17.8. The largest absolute Gasteiger partial charge is 0.467 e. The molecule has 1 aliphatic heterocycles. The fourth-order valence-corrected chi connectivity index (χ4v) is 6.16. The van der Waals surface area contributed by atoms with Gasteiger partial charge in [-0.1, -0.05) is 30.3 Å². The molecule has 2 amide bonds. The average Bonchev–Trinajstić information content (AvgIpc) is 3.61. The van der Waals surface area contributed by atoms with E-state index in [1.165, 1.54) is 10.4 Å². The number of furan rings is 1. The molecule has 34 heavy (non-hydrogen) atoms. The van der Waals surface area contributed by atoms with Crippen molar-refractivity contribution >= 4 is 34.5 Å². The highest BCUT2D eigenvalue weighted by Gasteiger charge is 2.34. The third-order valence-corrected chi connectivity index (χ3v) is 8.15. The van der Waals surface area contributed by atoms with E-state index < -0.39 is 0 Å². The van der Waals surface area contributed by atoms with Gasteiger partial charge >= 0.3 is 0 Å². The molecule has 0 saturated carbocycles. The fraction of sp³-hybridized carbons (Fsp3) is 0.259. The first-order valence-corrected chi connectivity index (χ1v) is 13.1. The Labute approximate surface area is 207 Å². The summed E-state index contributed by atoms with van der Waals surface area (Å²) in [5, 5.41) is 4.07. The molecule has 3 aromatic heterocycles. The molecule has 1 aromatic carbocycles. The van der Waals surface area contributed by atoms with Gasteiger partial charge in [0.1, 0.15) is 12.3 Å². The van der Waals surface area contributed by atoms with Gasteiger partial charge in [0.25, 0.3) is 0 Å². The number of hydrogen-bond donors (Lipinski definition) is 0. The van der Waals surface area contributed by atoms with E-state index in [9.17, 15) is 9.59 Å². The second-order valence-corrected chi connectivity index (χ2v) is 10.5. The predicted octanol–water partition coefficient (Wildman–Crippen LogP) is 5.46. The summed E-state index contributed by atoms with van der Waals surface area (Å²) >= 11 is 3.30. The van der Waals surface area contributed by atoms with Crippen molar-refractivity contribution in [3.05, 3.63) is 104 Å². The minimum Gasteiger partial charge on any atom is -0.467 e. The Morgan fingerprint density at radius 1 is 1.03 bits per heavy atom. The van der Waals surface area contributed by atoms with Crippen molar-refractivity contribution in [3.8, 4) is 0 Å². The normalized spacial score (nSPS) is 15.2. The molecular formula is C27H26N2O3S2. The smallest absolute Gasteiger partial charge is 0.243 e. The highest BCUT2D eigenvalue weighted by molar-refractivity contribution is 7.10. The molecule has 0 radical (unpaired) electrons. The van der Waals surface area contributed by atoms with Gasteiger partial charge in [0.05, 0.1) is 25.3 Å². The minimum absolute atomic E-state index is 0.0206. The standard InChI is InChI=1S/C27H26N2O3S2/c1-19-6-2-3-9-22(19)27-23-11-15-34-24(23)10-12-29(27)26(31)18-28(17-20-7-4-13-32-20)25(30)16-21-8-5-14-33-21/h2-9,11,13-15,27H,10,12,16-18H2,1H3. The summed E-state index contributed by atoms with van der Waals surface area (Å²) in [6.07, 6.45) is 2.71. The lowest BCUT2D eigenvalue weighted by atomic mass is 9.90. The zero-order chi connectivity index (χ0) is 23.5. The number of amides is 2. The van der Waals surface area contributed by atoms with E-state index in [-0.39, 0.29) is 37.4 Å². The molecule has 0 fully saturated rings. The molecule has 1 aliphatic rings. The van der Waals surface area contributed by atoms with Crippen molar-refractivity contribution in [3.63, 3.8) is 0 Å². The van der Waals surface area contributed by atoms with Crippen LogP contribution in [0, 0.1) is 6.92 Å². The number of fused-ring (bicyclic) bond motifs is 1. The molecule has 0 saturated heterocycles. The van der Waals surface area contributed by atoms with Gasteiger partial charge < -0.3 is 14.2 Å². The van der Waals surface area contributed by atoms with Gasteiger partial charge in [0.15, 0.2) is 0 Å². The summed E-state index contributed by atoms with van der Waals surface area (Å²) < 4.78 is 5.50. The number of thiophene rings is 2. The van der Waals surface area contributed by atoms with Crippen molar-refractivity contribution in [2.75, 3.05) is 13.1 Å².